The Morgan fingerprint density at radius 2 is 1.72 bits per heavy atom. The first-order valence-electron chi connectivity index (χ1n) is 8.17. The molecule has 25 heavy (non-hydrogen) atoms. The first-order chi connectivity index (χ1) is 12.0. The average Bonchev–Trinajstić information content (AvgIpc) is 3.11. The van der Waals surface area contributed by atoms with E-state index in [1.807, 2.05) is 44.0 Å². The molecule has 0 saturated carbocycles. The largest absolute Gasteiger partial charge is 0.334 e. The molecule has 0 bridgehead atoms. The monoisotopic (exact) mass is 334 g/mol. The third-order valence-corrected chi connectivity index (χ3v) is 4.75. The minimum atomic E-state index is -0.200. The third-order valence-electron chi connectivity index (χ3n) is 4.75. The van der Waals surface area contributed by atoms with Gasteiger partial charge in [0.2, 0.25) is 0 Å². The maximum absolute atomic E-state index is 13.7. The van der Waals surface area contributed by atoms with Crippen LogP contribution in [0.5, 0.6) is 0 Å². The molecule has 0 saturated heterocycles. The molecule has 0 aliphatic heterocycles. The Labute approximate surface area is 145 Å². The summed E-state index contributed by atoms with van der Waals surface area (Å²) in [5.41, 5.74) is 6.52. The summed E-state index contributed by atoms with van der Waals surface area (Å²) in [4.78, 5) is 9.12. The Kier molecular flexibility index (Phi) is 3.46. The number of aromatic nitrogens is 4. The summed E-state index contributed by atoms with van der Waals surface area (Å²) in [6.45, 7) is 3.75. The van der Waals surface area contributed by atoms with E-state index >= 15 is 0 Å². The normalized spacial score (nSPS) is 11.4. The van der Waals surface area contributed by atoms with E-state index in [0.29, 0.717) is 5.56 Å². The van der Waals surface area contributed by atoms with Crippen molar-refractivity contribution in [2.75, 3.05) is 0 Å². The number of benzene rings is 2. The Morgan fingerprint density at radius 1 is 0.960 bits per heavy atom. The fourth-order valence-corrected chi connectivity index (χ4v) is 3.21. The molecule has 0 amide bonds. The van der Waals surface area contributed by atoms with Crippen LogP contribution in [0.25, 0.3) is 33.5 Å². The highest BCUT2D eigenvalue weighted by atomic mass is 19.1. The molecule has 4 aromatic rings. The number of nitrogens with zero attached hydrogens (tertiary/aromatic N) is 4. The highest BCUT2D eigenvalue weighted by molar-refractivity contribution is 5.86. The summed E-state index contributed by atoms with van der Waals surface area (Å²) in [6.07, 6.45) is 1.81. The van der Waals surface area contributed by atoms with Gasteiger partial charge in [0.05, 0.1) is 28.7 Å². The molecule has 2 heterocycles. The first kappa shape index (κ1) is 15.6. The molecule has 126 valence electrons. The van der Waals surface area contributed by atoms with Crippen LogP contribution in [0, 0.1) is 19.7 Å². The van der Waals surface area contributed by atoms with Gasteiger partial charge < -0.3 is 9.13 Å². The van der Waals surface area contributed by atoms with Gasteiger partial charge in [0.1, 0.15) is 11.6 Å². The van der Waals surface area contributed by atoms with E-state index < -0.39 is 0 Å². The van der Waals surface area contributed by atoms with Crippen molar-refractivity contribution in [3.05, 3.63) is 59.9 Å². The van der Waals surface area contributed by atoms with Gasteiger partial charge in [-0.05, 0) is 49.7 Å². The summed E-state index contributed by atoms with van der Waals surface area (Å²) < 4.78 is 17.7. The van der Waals surface area contributed by atoms with Crippen molar-refractivity contribution in [3.63, 3.8) is 0 Å². The van der Waals surface area contributed by atoms with Gasteiger partial charge >= 0.3 is 0 Å². The topological polar surface area (TPSA) is 35.6 Å². The van der Waals surface area contributed by atoms with Crippen LogP contribution in [-0.4, -0.2) is 19.1 Å². The molecule has 2 aromatic heterocycles. The van der Waals surface area contributed by atoms with E-state index in [4.69, 9.17) is 4.98 Å². The number of hydrogen-bond acceptors (Lipinski definition) is 2. The van der Waals surface area contributed by atoms with Crippen LogP contribution in [0.3, 0.4) is 0 Å². The second-order valence-electron chi connectivity index (χ2n) is 6.44. The maximum atomic E-state index is 13.7. The molecule has 2 aromatic carbocycles. The second kappa shape index (κ2) is 5.55. The summed E-state index contributed by atoms with van der Waals surface area (Å²) in [7, 11) is 3.99. The zero-order chi connectivity index (χ0) is 17.7. The molecule has 5 heteroatoms. The van der Waals surface area contributed by atoms with Gasteiger partial charge in [-0.25, -0.2) is 14.4 Å². The highest BCUT2D eigenvalue weighted by Gasteiger charge is 2.17. The third kappa shape index (κ3) is 2.43. The summed E-state index contributed by atoms with van der Waals surface area (Å²) in [5.74, 6) is 0.714. The maximum Gasteiger partial charge on any atom is 0.126 e. The predicted molar refractivity (Wildman–Crippen MR) is 97.8 cm³/mol. The van der Waals surface area contributed by atoms with Gasteiger partial charge in [-0.3, -0.25) is 0 Å². The number of fused-ring (bicyclic) bond motifs is 1. The average molecular weight is 334 g/mol. The minimum absolute atomic E-state index is 0.200. The number of imidazole rings is 2. The Morgan fingerprint density at radius 3 is 2.48 bits per heavy atom. The Bertz CT molecular complexity index is 1100. The zero-order valence-corrected chi connectivity index (χ0v) is 14.7. The number of rotatable bonds is 2. The van der Waals surface area contributed by atoms with Crippen LogP contribution in [0.1, 0.15) is 11.4 Å². The van der Waals surface area contributed by atoms with Crippen molar-refractivity contribution in [3.8, 4) is 22.5 Å². The molecule has 0 atom stereocenters. The van der Waals surface area contributed by atoms with E-state index in [0.717, 1.165) is 39.4 Å². The quantitative estimate of drug-likeness (QED) is 0.545. The lowest BCUT2D eigenvalue weighted by molar-refractivity contribution is 0.619. The van der Waals surface area contributed by atoms with E-state index in [1.54, 1.807) is 13.0 Å². The van der Waals surface area contributed by atoms with Crippen LogP contribution in [0.4, 0.5) is 4.39 Å². The van der Waals surface area contributed by atoms with Gasteiger partial charge in [0.15, 0.2) is 0 Å². The molecule has 0 aliphatic rings. The summed E-state index contributed by atoms with van der Waals surface area (Å²) in [6, 6.07) is 11.3. The molecular formula is C20H19FN4. The van der Waals surface area contributed by atoms with Crippen molar-refractivity contribution in [2.24, 2.45) is 14.1 Å². The van der Waals surface area contributed by atoms with E-state index in [2.05, 4.69) is 21.7 Å². The fraction of sp³-hybridized carbons (Fsp3) is 0.200. The highest BCUT2D eigenvalue weighted by Crippen LogP contribution is 2.34. The summed E-state index contributed by atoms with van der Waals surface area (Å²) in [5, 5.41) is 0. The molecule has 0 radical (unpaired) electrons. The Balaban J connectivity index is 1.97. The smallest absolute Gasteiger partial charge is 0.126 e. The van der Waals surface area contributed by atoms with Crippen molar-refractivity contribution in [1.29, 1.82) is 0 Å². The fourth-order valence-electron chi connectivity index (χ4n) is 3.21. The van der Waals surface area contributed by atoms with Crippen LogP contribution >= 0.6 is 0 Å². The molecule has 4 rings (SSSR count). The van der Waals surface area contributed by atoms with Gasteiger partial charge in [-0.15, -0.1) is 0 Å². The minimum Gasteiger partial charge on any atom is -0.334 e. The predicted octanol–water partition coefficient (Wildman–Crippen LogP) is 4.40. The molecule has 0 spiro atoms. The lowest BCUT2D eigenvalue weighted by atomic mass is 10.0. The molecular weight excluding hydrogens is 315 g/mol. The summed E-state index contributed by atoms with van der Waals surface area (Å²) >= 11 is 0. The number of halogens is 1. The van der Waals surface area contributed by atoms with Crippen molar-refractivity contribution < 1.29 is 4.39 Å². The van der Waals surface area contributed by atoms with Crippen molar-refractivity contribution in [1.82, 2.24) is 19.1 Å². The lowest BCUT2D eigenvalue weighted by Gasteiger charge is -2.09. The molecule has 0 unspecified atom stereocenters. The number of hydrogen-bond donors (Lipinski definition) is 0. The second-order valence-corrected chi connectivity index (χ2v) is 6.44. The van der Waals surface area contributed by atoms with E-state index in [1.165, 1.54) is 6.07 Å². The molecule has 0 aliphatic carbocycles. The van der Waals surface area contributed by atoms with Crippen LogP contribution in [0.15, 0.2) is 42.7 Å². The number of aryl methyl sites for hydroxylation is 3. The van der Waals surface area contributed by atoms with E-state index in [9.17, 15) is 4.39 Å². The van der Waals surface area contributed by atoms with Crippen LogP contribution < -0.4 is 0 Å². The zero-order valence-electron chi connectivity index (χ0n) is 14.7. The van der Waals surface area contributed by atoms with Gasteiger partial charge in [-0.1, -0.05) is 6.07 Å². The van der Waals surface area contributed by atoms with Crippen molar-refractivity contribution >= 4 is 11.0 Å². The van der Waals surface area contributed by atoms with Gasteiger partial charge in [-0.2, -0.15) is 0 Å². The van der Waals surface area contributed by atoms with E-state index in [-0.39, 0.29) is 5.82 Å². The SMILES string of the molecule is Cc1cc(-c2nc(C)n(C)c2-c2ccc3ncn(C)c3c2)ccc1F. The standard InChI is InChI=1S/C20H19FN4/c1-12-9-14(5-7-16(12)21)19-20(25(4)13(2)23-19)15-6-8-17-18(10-15)24(3)11-22-17/h5-11H,1-4H3. The van der Waals surface area contributed by atoms with Crippen LogP contribution in [-0.2, 0) is 14.1 Å². The van der Waals surface area contributed by atoms with Gasteiger partial charge in [0.25, 0.3) is 0 Å². The van der Waals surface area contributed by atoms with Crippen molar-refractivity contribution in [2.45, 2.75) is 13.8 Å². The van der Waals surface area contributed by atoms with Crippen LogP contribution in [0.2, 0.25) is 0 Å². The van der Waals surface area contributed by atoms with Gasteiger partial charge in [0, 0.05) is 25.2 Å². The molecule has 0 fully saturated rings. The Hall–Kier alpha value is -2.95. The first-order valence-corrected chi connectivity index (χ1v) is 8.17. The lowest BCUT2D eigenvalue weighted by Crippen LogP contribution is -1.95. The molecule has 4 nitrogen and oxygen atoms in total. The molecule has 0 N–H and O–H groups in total.